The Morgan fingerprint density at radius 3 is 2.70 bits per heavy atom. The number of carbonyl (C=O) groups excluding carboxylic acids is 1. The van der Waals surface area contributed by atoms with Crippen LogP contribution in [0.5, 0.6) is 0 Å². The van der Waals surface area contributed by atoms with Crippen molar-refractivity contribution in [3.05, 3.63) is 69.3 Å². The predicted molar refractivity (Wildman–Crippen MR) is 129 cm³/mol. The molecule has 2 aliphatic heterocycles. The van der Waals surface area contributed by atoms with Crippen molar-refractivity contribution in [2.45, 2.75) is 19.4 Å². The van der Waals surface area contributed by atoms with Gasteiger partial charge in [0.25, 0.3) is 11.5 Å². The zero-order valence-corrected chi connectivity index (χ0v) is 18.7. The fourth-order valence-corrected chi connectivity index (χ4v) is 4.85. The van der Waals surface area contributed by atoms with Gasteiger partial charge < -0.3 is 20.5 Å². The lowest BCUT2D eigenvalue weighted by molar-refractivity contribution is 0.0959. The topological polar surface area (TPSA) is 80.5 Å². The molecule has 3 N–H and O–H groups in total. The molecular formula is C25H28FN5O2. The van der Waals surface area contributed by atoms with Crippen molar-refractivity contribution >= 4 is 28.2 Å². The minimum Gasteiger partial charge on any atom is -0.384 e. The zero-order chi connectivity index (χ0) is 22.9. The first kappa shape index (κ1) is 21.5. The number of benzene rings is 2. The smallest absolute Gasteiger partial charge is 0.253 e. The average molecular weight is 450 g/mol. The first-order chi connectivity index (χ1) is 16.0. The Bertz CT molecular complexity index is 1260. The van der Waals surface area contributed by atoms with Crippen molar-refractivity contribution < 1.29 is 9.18 Å². The number of piperazine rings is 1. The number of fused-ring (bicyclic) bond motifs is 3. The summed E-state index contributed by atoms with van der Waals surface area (Å²) < 4.78 is 14.3. The summed E-state index contributed by atoms with van der Waals surface area (Å²) in [5.74, 6) is -0.923. The van der Waals surface area contributed by atoms with E-state index in [4.69, 9.17) is 0 Å². The third kappa shape index (κ3) is 4.18. The van der Waals surface area contributed by atoms with Gasteiger partial charge in [-0.2, -0.15) is 0 Å². The van der Waals surface area contributed by atoms with Gasteiger partial charge in [0.1, 0.15) is 5.82 Å². The van der Waals surface area contributed by atoms with Gasteiger partial charge in [-0.25, -0.2) is 4.39 Å². The van der Waals surface area contributed by atoms with E-state index in [1.54, 1.807) is 12.1 Å². The lowest BCUT2D eigenvalue weighted by Crippen LogP contribution is -2.46. The molecule has 2 aliphatic rings. The van der Waals surface area contributed by atoms with Crippen molar-refractivity contribution in [1.29, 1.82) is 0 Å². The third-order valence-electron chi connectivity index (χ3n) is 6.65. The van der Waals surface area contributed by atoms with E-state index < -0.39 is 11.7 Å². The SMILES string of the molecule is CNC(=O)c1ccc(N2CCN(Cc3ccc4c5c(c(=O)[nH]c4c3)CCCN5)CC2)cc1F. The first-order valence-corrected chi connectivity index (χ1v) is 11.4. The van der Waals surface area contributed by atoms with Gasteiger partial charge in [-0.1, -0.05) is 12.1 Å². The van der Waals surface area contributed by atoms with Gasteiger partial charge in [0.05, 0.1) is 16.8 Å². The van der Waals surface area contributed by atoms with E-state index >= 15 is 0 Å². The Balaban J connectivity index is 1.26. The Morgan fingerprint density at radius 1 is 1.12 bits per heavy atom. The van der Waals surface area contributed by atoms with Crippen LogP contribution in [0.15, 0.2) is 41.2 Å². The van der Waals surface area contributed by atoms with Crippen LogP contribution in [0, 0.1) is 5.82 Å². The van der Waals surface area contributed by atoms with E-state index in [0.717, 1.165) is 85.5 Å². The second kappa shape index (κ2) is 8.86. The van der Waals surface area contributed by atoms with E-state index in [1.807, 2.05) is 0 Å². The molecule has 0 unspecified atom stereocenters. The minimum atomic E-state index is -0.504. The molecule has 0 radical (unpaired) electrons. The number of hydrogen-bond donors (Lipinski definition) is 3. The molecule has 33 heavy (non-hydrogen) atoms. The molecule has 1 amide bonds. The fraction of sp³-hybridized carbons (Fsp3) is 0.360. The van der Waals surface area contributed by atoms with E-state index in [2.05, 4.69) is 43.6 Å². The molecule has 0 bridgehead atoms. The summed E-state index contributed by atoms with van der Waals surface area (Å²) in [5.41, 5.74) is 4.72. The van der Waals surface area contributed by atoms with Gasteiger partial charge in [0.15, 0.2) is 0 Å². The summed E-state index contributed by atoms with van der Waals surface area (Å²) >= 11 is 0. The van der Waals surface area contributed by atoms with Crippen molar-refractivity contribution in [1.82, 2.24) is 15.2 Å². The number of hydrogen-bond acceptors (Lipinski definition) is 5. The van der Waals surface area contributed by atoms with Crippen LogP contribution in [0.25, 0.3) is 10.9 Å². The van der Waals surface area contributed by atoms with Crippen molar-refractivity contribution in [2.75, 3.05) is 50.0 Å². The molecule has 8 heteroatoms. The van der Waals surface area contributed by atoms with E-state index in [9.17, 15) is 14.0 Å². The summed E-state index contributed by atoms with van der Waals surface area (Å²) in [6, 6.07) is 11.1. The highest BCUT2D eigenvalue weighted by Gasteiger charge is 2.20. The number of nitrogens with zero attached hydrogens (tertiary/aromatic N) is 2. The highest BCUT2D eigenvalue weighted by molar-refractivity contribution is 5.95. The highest BCUT2D eigenvalue weighted by Crippen LogP contribution is 2.28. The quantitative estimate of drug-likeness (QED) is 0.571. The molecule has 172 valence electrons. The molecule has 1 fully saturated rings. The maximum Gasteiger partial charge on any atom is 0.253 e. The molecule has 0 spiro atoms. The van der Waals surface area contributed by atoms with E-state index in [-0.39, 0.29) is 11.1 Å². The molecule has 5 rings (SSSR count). The highest BCUT2D eigenvalue weighted by atomic mass is 19.1. The second-order valence-electron chi connectivity index (χ2n) is 8.72. The van der Waals surface area contributed by atoms with Crippen LogP contribution in [-0.4, -0.2) is 55.6 Å². The molecule has 3 aromatic rings. The molecule has 1 saturated heterocycles. The largest absolute Gasteiger partial charge is 0.384 e. The molecule has 0 saturated carbocycles. The lowest BCUT2D eigenvalue weighted by atomic mass is 10.0. The summed E-state index contributed by atoms with van der Waals surface area (Å²) in [4.78, 5) is 31.8. The number of aromatic nitrogens is 1. The maximum absolute atomic E-state index is 14.3. The summed E-state index contributed by atoms with van der Waals surface area (Å²) in [7, 11) is 1.49. The van der Waals surface area contributed by atoms with Crippen molar-refractivity contribution in [3.8, 4) is 0 Å². The van der Waals surface area contributed by atoms with Crippen LogP contribution in [0.3, 0.4) is 0 Å². The molecule has 3 heterocycles. The molecule has 7 nitrogen and oxygen atoms in total. The van der Waals surface area contributed by atoms with Gasteiger partial charge >= 0.3 is 0 Å². The number of rotatable bonds is 4. The summed E-state index contributed by atoms with van der Waals surface area (Å²) in [5, 5.41) is 6.93. The second-order valence-corrected chi connectivity index (χ2v) is 8.72. The van der Waals surface area contributed by atoms with Crippen LogP contribution in [-0.2, 0) is 13.0 Å². The van der Waals surface area contributed by atoms with E-state index in [0.29, 0.717) is 0 Å². The normalized spacial score (nSPS) is 16.4. The molecule has 1 aromatic heterocycles. The zero-order valence-electron chi connectivity index (χ0n) is 18.7. The number of aromatic amines is 1. The Kier molecular flexibility index (Phi) is 5.76. The molecular weight excluding hydrogens is 421 g/mol. The van der Waals surface area contributed by atoms with Gasteiger partial charge in [-0.3, -0.25) is 14.5 Å². The Labute approximate surface area is 191 Å². The fourth-order valence-electron chi connectivity index (χ4n) is 4.85. The van der Waals surface area contributed by atoms with Crippen molar-refractivity contribution in [3.63, 3.8) is 0 Å². The predicted octanol–water partition coefficient (Wildman–Crippen LogP) is 2.71. The summed E-state index contributed by atoms with van der Waals surface area (Å²) in [6.45, 7) is 4.94. The van der Waals surface area contributed by atoms with E-state index in [1.165, 1.54) is 13.1 Å². The van der Waals surface area contributed by atoms with Crippen molar-refractivity contribution in [2.24, 2.45) is 0 Å². The first-order valence-electron chi connectivity index (χ1n) is 11.4. The van der Waals surface area contributed by atoms with Crippen LogP contribution in [0.2, 0.25) is 0 Å². The average Bonchev–Trinajstić information content (AvgIpc) is 2.84. The Morgan fingerprint density at radius 2 is 1.94 bits per heavy atom. The molecule has 0 atom stereocenters. The maximum atomic E-state index is 14.3. The number of amides is 1. The minimum absolute atomic E-state index is 0.00475. The standard InChI is InChI=1S/C25H28FN5O2/c1-27-24(32)18-7-5-17(14-21(18)26)31-11-9-30(10-12-31)15-16-4-6-19-22(13-16)29-25(33)20-3-2-8-28-23(19)20/h4-7,13-14,28H,2-3,8-12,15H2,1H3,(H,27,32)(H,29,33). The van der Waals surface area contributed by atoms with Crippen LogP contribution < -0.4 is 21.1 Å². The number of anilines is 2. The van der Waals surface area contributed by atoms with Gasteiger partial charge in [-0.05, 0) is 42.7 Å². The number of H-pyrrole nitrogens is 1. The number of carbonyl (C=O) groups is 1. The number of halogens is 1. The van der Waals surface area contributed by atoms with Gasteiger partial charge in [0, 0.05) is 63.0 Å². The van der Waals surface area contributed by atoms with Crippen LogP contribution >= 0.6 is 0 Å². The Hall–Kier alpha value is -3.39. The molecule has 0 aliphatic carbocycles. The van der Waals surface area contributed by atoms with Crippen LogP contribution in [0.1, 0.15) is 27.9 Å². The summed E-state index contributed by atoms with van der Waals surface area (Å²) in [6.07, 6.45) is 1.80. The molecule has 2 aromatic carbocycles. The monoisotopic (exact) mass is 449 g/mol. The number of pyridine rings is 1. The number of nitrogens with one attached hydrogen (secondary N) is 3. The van der Waals surface area contributed by atoms with Gasteiger partial charge in [0.2, 0.25) is 0 Å². The van der Waals surface area contributed by atoms with Gasteiger partial charge in [-0.15, -0.1) is 0 Å². The third-order valence-corrected chi connectivity index (χ3v) is 6.65. The van der Waals surface area contributed by atoms with Crippen LogP contribution in [0.4, 0.5) is 15.8 Å². The lowest BCUT2D eigenvalue weighted by Gasteiger charge is -2.36.